The lowest BCUT2D eigenvalue weighted by atomic mass is 10.1. The van der Waals surface area contributed by atoms with Crippen LogP contribution in [-0.4, -0.2) is 61.4 Å². The predicted molar refractivity (Wildman–Crippen MR) is 83.5 cm³/mol. The number of hydrogen-bond acceptors (Lipinski definition) is 4. The standard InChI is InChI=1S/C14H18ClFN2O4S/c1-17(9-14(19)20)11-4-6-18(7-5-11)23(21,22)13-3-2-10(15)8-12(13)16/h2-3,8,11H,4-7,9H2,1H3,(H,19,20). The first-order valence-corrected chi connectivity index (χ1v) is 8.91. The first kappa shape index (κ1) is 18.1. The van der Waals surface area contributed by atoms with Gasteiger partial charge >= 0.3 is 5.97 Å². The molecule has 1 aromatic rings. The summed E-state index contributed by atoms with van der Waals surface area (Å²) >= 11 is 5.65. The van der Waals surface area contributed by atoms with Gasteiger partial charge in [0.25, 0.3) is 0 Å². The Morgan fingerprint density at radius 2 is 2.04 bits per heavy atom. The second kappa shape index (κ2) is 7.12. The van der Waals surface area contributed by atoms with Gasteiger partial charge in [0.05, 0.1) is 6.54 Å². The lowest BCUT2D eigenvalue weighted by Gasteiger charge is -2.35. The van der Waals surface area contributed by atoms with Crippen molar-refractivity contribution < 1.29 is 22.7 Å². The van der Waals surface area contributed by atoms with E-state index >= 15 is 0 Å². The number of halogens is 2. The molecule has 1 aromatic carbocycles. The van der Waals surface area contributed by atoms with Crippen molar-refractivity contribution in [3.8, 4) is 0 Å². The van der Waals surface area contributed by atoms with Crippen LogP contribution in [0.2, 0.25) is 5.02 Å². The number of benzene rings is 1. The first-order valence-electron chi connectivity index (χ1n) is 7.09. The monoisotopic (exact) mass is 364 g/mol. The molecular formula is C14H18ClFN2O4S. The van der Waals surface area contributed by atoms with Crippen molar-refractivity contribution in [3.63, 3.8) is 0 Å². The third-order valence-corrected chi connectivity index (χ3v) is 6.11. The molecule has 0 radical (unpaired) electrons. The third kappa shape index (κ3) is 4.20. The average molecular weight is 365 g/mol. The van der Waals surface area contributed by atoms with Gasteiger partial charge in [-0.15, -0.1) is 0 Å². The van der Waals surface area contributed by atoms with Crippen LogP contribution in [0.4, 0.5) is 4.39 Å². The fourth-order valence-corrected chi connectivity index (χ4v) is 4.36. The van der Waals surface area contributed by atoms with Gasteiger partial charge in [-0.3, -0.25) is 9.69 Å². The number of piperidine rings is 1. The Kier molecular flexibility index (Phi) is 5.61. The molecule has 23 heavy (non-hydrogen) atoms. The SMILES string of the molecule is CN(CC(=O)O)C1CCN(S(=O)(=O)c2ccc(Cl)cc2F)CC1. The topological polar surface area (TPSA) is 77.9 Å². The van der Waals surface area contributed by atoms with Gasteiger partial charge < -0.3 is 5.11 Å². The van der Waals surface area contributed by atoms with Crippen molar-refractivity contribution in [1.29, 1.82) is 0 Å². The zero-order valence-electron chi connectivity index (χ0n) is 12.6. The fraction of sp³-hybridized carbons (Fsp3) is 0.500. The Labute approximate surface area is 139 Å². The largest absolute Gasteiger partial charge is 0.480 e. The van der Waals surface area contributed by atoms with E-state index < -0.39 is 21.8 Å². The summed E-state index contributed by atoms with van der Waals surface area (Å²) in [7, 11) is -2.22. The van der Waals surface area contributed by atoms with E-state index in [1.807, 2.05) is 0 Å². The Morgan fingerprint density at radius 3 is 2.57 bits per heavy atom. The Morgan fingerprint density at radius 1 is 1.43 bits per heavy atom. The third-order valence-electron chi connectivity index (χ3n) is 3.94. The molecule has 1 saturated heterocycles. The smallest absolute Gasteiger partial charge is 0.317 e. The van der Waals surface area contributed by atoms with E-state index in [1.54, 1.807) is 11.9 Å². The normalized spacial score (nSPS) is 17.6. The number of hydrogen-bond donors (Lipinski definition) is 1. The summed E-state index contributed by atoms with van der Waals surface area (Å²) in [5, 5.41) is 8.93. The number of sulfonamides is 1. The van der Waals surface area contributed by atoms with E-state index in [1.165, 1.54) is 10.4 Å². The molecule has 1 aliphatic rings. The molecule has 1 fully saturated rings. The maximum atomic E-state index is 13.9. The van der Waals surface area contributed by atoms with Crippen molar-refractivity contribution in [3.05, 3.63) is 29.0 Å². The molecule has 2 rings (SSSR count). The molecule has 1 heterocycles. The van der Waals surface area contributed by atoms with Gasteiger partial charge in [-0.05, 0) is 38.1 Å². The van der Waals surface area contributed by atoms with Crippen LogP contribution in [0.5, 0.6) is 0 Å². The van der Waals surface area contributed by atoms with E-state index in [2.05, 4.69) is 0 Å². The molecule has 0 bridgehead atoms. The predicted octanol–water partition coefficient (Wildman–Crippen LogP) is 1.65. The second-order valence-corrected chi connectivity index (χ2v) is 7.86. The summed E-state index contributed by atoms with van der Waals surface area (Å²) in [6.45, 7) is 0.348. The fourth-order valence-electron chi connectivity index (χ4n) is 2.69. The highest BCUT2D eigenvalue weighted by Gasteiger charge is 2.32. The molecule has 0 aliphatic carbocycles. The van der Waals surface area contributed by atoms with Gasteiger partial charge in [0, 0.05) is 24.2 Å². The minimum absolute atomic E-state index is 0.00684. The molecule has 0 saturated carbocycles. The maximum Gasteiger partial charge on any atom is 0.317 e. The van der Waals surface area contributed by atoms with E-state index in [-0.39, 0.29) is 35.6 Å². The zero-order valence-corrected chi connectivity index (χ0v) is 14.1. The number of nitrogens with zero attached hydrogens (tertiary/aromatic N) is 2. The number of carboxylic acid groups (broad SMARTS) is 1. The summed E-state index contributed by atoms with van der Waals surface area (Å²) in [5.74, 6) is -1.80. The minimum atomic E-state index is -3.92. The van der Waals surface area contributed by atoms with Crippen LogP contribution in [0.1, 0.15) is 12.8 Å². The number of carboxylic acids is 1. The van der Waals surface area contributed by atoms with Gasteiger partial charge in [-0.2, -0.15) is 4.31 Å². The molecule has 0 atom stereocenters. The summed E-state index contributed by atoms with van der Waals surface area (Å²) < 4.78 is 40.1. The summed E-state index contributed by atoms with van der Waals surface area (Å²) in [4.78, 5) is 12.0. The van der Waals surface area contributed by atoms with Gasteiger partial charge in [0.2, 0.25) is 10.0 Å². The van der Waals surface area contributed by atoms with Crippen LogP contribution in [0.15, 0.2) is 23.1 Å². The molecule has 9 heteroatoms. The molecular weight excluding hydrogens is 347 g/mol. The van der Waals surface area contributed by atoms with E-state index in [0.717, 1.165) is 12.1 Å². The molecule has 1 N–H and O–H groups in total. The summed E-state index contributed by atoms with van der Waals surface area (Å²) in [5.41, 5.74) is 0. The van der Waals surface area contributed by atoms with Gasteiger partial charge in [0.1, 0.15) is 10.7 Å². The molecule has 0 spiro atoms. The number of likely N-dealkylation sites (N-methyl/N-ethyl adjacent to an activating group) is 1. The van der Waals surface area contributed by atoms with Crippen molar-refractivity contribution in [1.82, 2.24) is 9.21 Å². The van der Waals surface area contributed by atoms with Crippen molar-refractivity contribution in [2.24, 2.45) is 0 Å². The highest BCUT2D eigenvalue weighted by molar-refractivity contribution is 7.89. The molecule has 0 aromatic heterocycles. The molecule has 0 unspecified atom stereocenters. The quantitative estimate of drug-likeness (QED) is 0.859. The molecule has 6 nitrogen and oxygen atoms in total. The molecule has 1 aliphatic heterocycles. The molecule has 128 valence electrons. The Hall–Kier alpha value is -1.22. The second-order valence-electron chi connectivity index (χ2n) is 5.52. The van der Waals surface area contributed by atoms with Crippen molar-refractivity contribution >= 4 is 27.6 Å². The van der Waals surface area contributed by atoms with Crippen LogP contribution in [0.3, 0.4) is 0 Å². The zero-order chi connectivity index (χ0) is 17.2. The van der Waals surface area contributed by atoms with Crippen LogP contribution < -0.4 is 0 Å². The van der Waals surface area contributed by atoms with Crippen LogP contribution in [0, 0.1) is 5.82 Å². The van der Waals surface area contributed by atoms with Crippen molar-refractivity contribution in [2.45, 2.75) is 23.8 Å². The van der Waals surface area contributed by atoms with Crippen LogP contribution in [0.25, 0.3) is 0 Å². The van der Waals surface area contributed by atoms with E-state index in [0.29, 0.717) is 12.8 Å². The van der Waals surface area contributed by atoms with E-state index in [4.69, 9.17) is 16.7 Å². The van der Waals surface area contributed by atoms with E-state index in [9.17, 15) is 17.6 Å². The number of carbonyl (C=O) groups is 1. The summed E-state index contributed by atoms with van der Waals surface area (Å²) in [6, 6.07) is 3.47. The van der Waals surface area contributed by atoms with Gasteiger partial charge in [-0.25, -0.2) is 12.8 Å². The maximum absolute atomic E-state index is 13.9. The molecule has 0 amide bonds. The first-order chi connectivity index (χ1) is 10.7. The highest BCUT2D eigenvalue weighted by Crippen LogP contribution is 2.26. The lowest BCUT2D eigenvalue weighted by molar-refractivity contribution is -0.138. The number of rotatable bonds is 5. The highest BCUT2D eigenvalue weighted by atomic mass is 35.5. The van der Waals surface area contributed by atoms with Gasteiger partial charge in [-0.1, -0.05) is 11.6 Å². The average Bonchev–Trinajstić information content (AvgIpc) is 2.46. The van der Waals surface area contributed by atoms with Crippen molar-refractivity contribution in [2.75, 3.05) is 26.7 Å². The Bertz CT molecular complexity index is 690. The minimum Gasteiger partial charge on any atom is -0.480 e. The van der Waals surface area contributed by atoms with Gasteiger partial charge in [0.15, 0.2) is 0 Å². The van der Waals surface area contributed by atoms with Crippen LogP contribution >= 0.6 is 11.6 Å². The number of aliphatic carboxylic acids is 1. The summed E-state index contributed by atoms with van der Waals surface area (Å²) in [6.07, 6.45) is 0.996. The lowest BCUT2D eigenvalue weighted by Crippen LogP contribution is -2.46. The van der Waals surface area contributed by atoms with Crippen LogP contribution in [-0.2, 0) is 14.8 Å². The Balaban J connectivity index is 2.08.